The predicted molar refractivity (Wildman–Crippen MR) is 171 cm³/mol. The standard InChI is InChI=1S/C22H30N2OSi.C11H9BrN2O/c1-17(2)26(18(3)4,19(5)6)13-12-22-23-14-21(15-24-22)25-16-20-10-8-7-9-11-20;12-11-13-6-10(7-14-11)15-8-9-4-2-1-3-5-9/h7-11,14-15,17-19H,16H2,1-6H3;1-7H,8H2. The van der Waals surface area contributed by atoms with Crippen molar-refractivity contribution in [2.24, 2.45) is 0 Å². The van der Waals surface area contributed by atoms with Gasteiger partial charge in [-0.2, -0.15) is 0 Å². The Labute approximate surface area is 254 Å². The van der Waals surface area contributed by atoms with Crippen LogP contribution in [0.3, 0.4) is 0 Å². The molecule has 0 aliphatic carbocycles. The number of aromatic nitrogens is 4. The lowest BCUT2D eigenvalue weighted by Gasteiger charge is -2.37. The number of hydrogen-bond donors (Lipinski definition) is 0. The second kappa shape index (κ2) is 16.0. The Bertz CT molecular complexity index is 1350. The SMILES string of the molecule is Brc1ncc(OCc2ccccc2)cn1.CC(C)[Si](C#Cc1ncc(OCc2ccccc2)cn1)(C(C)C)C(C)C. The summed E-state index contributed by atoms with van der Waals surface area (Å²) in [6, 6.07) is 20.0. The molecule has 2 aromatic carbocycles. The van der Waals surface area contributed by atoms with Gasteiger partial charge in [-0.15, -0.1) is 5.54 Å². The Kier molecular flexibility index (Phi) is 12.5. The molecule has 2 heterocycles. The minimum absolute atomic E-state index is 0.513. The van der Waals surface area contributed by atoms with Gasteiger partial charge in [0.15, 0.2) is 16.2 Å². The van der Waals surface area contributed by atoms with Crippen LogP contribution in [0.4, 0.5) is 0 Å². The van der Waals surface area contributed by atoms with Crippen molar-refractivity contribution in [2.45, 2.75) is 71.4 Å². The van der Waals surface area contributed by atoms with Crippen molar-refractivity contribution in [1.29, 1.82) is 0 Å². The number of halogens is 1. The molecule has 0 aliphatic rings. The third-order valence-electron chi connectivity index (χ3n) is 6.98. The van der Waals surface area contributed by atoms with Crippen LogP contribution in [-0.4, -0.2) is 28.0 Å². The number of nitrogens with zero attached hydrogens (tertiary/aromatic N) is 4. The van der Waals surface area contributed by atoms with Crippen molar-refractivity contribution in [3.05, 3.63) is 107 Å². The average Bonchev–Trinajstić information content (AvgIpc) is 2.97. The van der Waals surface area contributed by atoms with Gasteiger partial charge in [0, 0.05) is 0 Å². The minimum Gasteiger partial charge on any atom is -0.486 e. The summed E-state index contributed by atoms with van der Waals surface area (Å²) < 4.78 is 11.8. The summed E-state index contributed by atoms with van der Waals surface area (Å²) in [5.74, 6) is 5.18. The fraction of sp³-hybridized carbons (Fsp3) is 0.333. The lowest BCUT2D eigenvalue weighted by Crippen LogP contribution is -2.43. The van der Waals surface area contributed by atoms with Gasteiger partial charge in [-0.25, -0.2) is 19.9 Å². The molecule has 0 spiro atoms. The van der Waals surface area contributed by atoms with Crippen LogP contribution in [-0.2, 0) is 13.2 Å². The summed E-state index contributed by atoms with van der Waals surface area (Å²) in [5, 5.41) is 0. The lowest BCUT2D eigenvalue weighted by molar-refractivity contribution is 0.303. The molecule has 214 valence electrons. The maximum absolute atomic E-state index is 5.74. The summed E-state index contributed by atoms with van der Waals surface area (Å²) in [5.41, 5.74) is 7.70. The predicted octanol–water partition coefficient (Wildman–Crippen LogP) is 8.44. The molecule has 41 heavy (non-hydrogen) atoms. The lowest BCUT2D eigenvalue weighted by atomic mass is 10.2. The van der Waals surface area contributed by atoms with E-state index in [1.54, 1.807) is 24.8 Å². The zero-order chi connectivity index (χ0) is 29.7. The van der Waals surface area contributed by atoms with Gasteiger partial charge in [0.25, 0.3) is 0 Å². The molecule has 0 fully saturated rings. The molecule has 0 amide bonds. The van der Waals surface area contributed by atoms with Crippen molar-refractivity contribution in [2.75, 3.05) is 0 Å². The third-order valence-corrected chi connectivity index (χ3v) is 13.7. The van der Waals surface area contributed by atoms with Crippen LogP contribution < -0.4 is 9.47 Å². The van der Waals surface area contributed by atoms with Crippen LogP contribution in [0.15, 0.2) is 90.2 Å². The zero-order valence-electron chi connectivity index (χ0n) is 24.7. The van der Waals surface area contributed by atoms with E-state index in [0.717, 1.165) is 11.1 Å². The Morgan fingerprint density at radius 1 is 0.634 bits per heavy atom. The molecule has 8 heteroatoms. The van der Waals surface area contributed by atoms with Crippen LogP contribution in [0.2, 0.25) is 16.6 Å². The van der Waals surface area contributed by atoms with E-state index in [4.69, 9.17) is 9.47 Å². The highest BCUT2D eigenvalue weighted by Gasteiger charge is 2.41. The van der Waals surface area contributed by atoms with E-state index in [2.05, 4.69) is 88.9 Å². The summed E-state index contributed by atoms with van der Waals surface area (Å²) in [6.45, 7) is 14.9. The number of hydrogen-bond acceptors (Lipinski definition) is 6. The molecule has 0 bridgehead atoms. The van der Waals surface area contributed by atoms with Gasteiger partial charge in [0.1, 0.15) is 21.3 Å². The van der Waals surface area contributed by atoms with E-state index in [0.29, 0.717) is 51.9 Å². The Morgan fingerprint density at radius 3 is 1.41 bits per heavy atom. The molecule has 0 N–H and O–H groups in total. The van der Waals surface area contributed by atoms with Crippen molar-refractivity contribution >= 4 is 24.0 Å². The zero-order valence-corrected chi connectivity index (χ0v) is 27.3. The van der Waals surface area contributed by atoms with E-state index in [1.165, 1.54) is 0 Å². The molecule has 0 aliphatic heterocycles. The normalized spacial score (nSPS) is 11.0. The van der Waals surface area contributed by atoms with Gasteiger partial charge < -0.3 is 9.47 Å². The number of rotatable bonds is 9. The number of benzene rings is 2. The first-order valence-corrected chi connectivity index (χ1v) is 16.9. The van der Waals surface area contributed by atoms with Crippen LogP contribution in [0.1, 0.15) is 58.5 Å². The van der Waals surface area contributed by atoms with Crippen molar-refractivity contribution in [3.8, 4) is 23.0 Å². The molecule has 0 saturated heterocycles. The molecule has 4 rings (SSSR count). The van der Waals surface area contributed by atoms with Gasteiger partial charge in [-0.1, -0.05) is 102 Å². The Hall–Kier alpha value is -3.54. The van der Waals surface area contributed by atoms with Gasteiger partial charge >= 0.3 is 0 Å². The number of ether oxygens (including phenoxy) is 2. The van der Waals surface area contributed by atoms with Gasteiger partial charge in [0.2, 0.25) is 5.82 Å². The summed E-state index contributed by atoms with van der Waals surface area (Å²) in [7, 11) is -1.76. The fourth-order valence-corrected chi connectivity index (χ4v) is 10.3. The molecule has 0 saturated carbocycles. The molecular weight excluding hydrogens is 592 g/mol. The summed E-state index contributed by atoms with van der Waals surface area (Å²) in [6.07, 6.45) is 6.70. The van der Waals surface area contributed by atoms with E-state index in [9.17, 15) is 0 Å². The molecule has 0 unspecified atom stereocenters. The van der Waals surface area contributed by atoms with Crippen molar-refractivity contribution in [1.82, 2.24) is 19.9 Å². The maximum Gasteiger partial charge on any atom is 0.204 e. The van der Waals surface area contributed by atoms with Gasteiger partial charge in [0.05, 0.1) is 24.8 Å². The Morgan fingerprint density at radius 2 is 1.02 bits per heavy atom. The fourth-order valence-electron chi connectivity index (χ4n) is 4.91. The molecule has 6 nitrogen and oxygen atoms in total. The van der Waals surface area contributed by atoms with Gasteiger partial charge in [-0.05, 0) is 49.6 Å². The monoisotopic (exact) mass is 630 g/mol. The smallest absolute Gasteiger partial charge is 0.204 e. The first-order chi connectivity index (χ1) is 19.7. The second-order valence-corrected chi connectivity index (χ2v) is 16.9. The first kappa shape index (κ1) is 32.0. The highest BCUT2D eigenvalue weighted by molar-refractivity contribution is 9.10. The van der Waals surface area contributed by atoms with Crippen LogP contribution in [0.25, 0.3) is 0 Å². The van der Waals surface area contributed by atoms with E-state index < -0.39 is 8.07 Å². The third kappa shape index (κ3) is 9.80. The highest BCUT2D eigenvalue weighted by Crippen LogP contribution is 2.40. The summed E-state index contributed by atoms with van der Waals surface area (Å²) in [4.78, 5) is 16.7. The first-order valence-electron chi connectivity index (χ1n) is 13.9. The van der Waals surface area contributed by atoms with E-state index in [-0.39, 0.29) is 0 Å². The quantitative estimate of drug-likeness (QED) is 0.105. The summed E-state index contributed by atoms with van der Waals surface area (Å²) >= 11 is 3.16. The highest BCUT2D eigenvalue weighted by atomic mass is 79.9. The van der Waals surface area contributed by atoms with Crippen molar-refractivity contribution < 1.29 is 9.47 Å². The maximum atomic E-state index is 5.74. The minimum atomic E-state index is -1.76. The Balaban J connectivity index is 0.000000260. The van der Waals surface area contributed by atoms with Crippen LogP contribution in [0.5, 0.6) is 11.5 Å². The van der Waals surface area contributed by atoms with Crippen LogP contribution >= 0.6 is 15.9 Å². The van der Waals surface area contributed by atoms with E-state index >= 15 is 0 Å². The van der Waals surface area contributed by atoms with Gasteiger partial charge in [-0.3, -0.25) is 0 Å². The second-order valence-electron chi connectivity index (χ2n) is 10.6. The molecule has 2 aromatic heterocycles. The molecular formula is C33H39BrN4O2Si. The molecule has 0 radical (unpaired) electrons. The van der Waals surface area contributed by atoms with E-state index in [1.807, 2.05) is 60.7 Å². The topological polar surface area (TPSA) is 70.0 Å². The average molecular weight is 632 g/mol. The van der Waals surface area contributed by atoms with Crippen LogP contribution in [0, 0.1) is 11.5 Å². The molecule has 4 aromatic rings. The largest absolute Gasteiger partial charge is 0.486 e. The van der Waals surface area contributed by atoms with Crippen molar-refractivity contribution in [3.63, 3.8) is 0 Å². The molecule has 0 atom stereocenters.